The topological polar surface area (TPSA) is 55.2 Å². The Morgan fingerprint density at radius 2 is 2.00 bits per heavy atom. The first kappa shape index (κ1) is 16.4. The second-order valence-corrected chi connectivity index (χ2v) is 6.74. The van der Waals surface area contributed by atoms with Gasteiger partial charge >= 0.3 is 0 Å². The number of anilines is 1. The summed E-state index contributed by atoms with van der Waals surface area (Å²) in [6, 6.07) is 8.09. The van der Waals surface area contributed by atoms with Gasteiger partial charge < -0.3 is 4.90 Å². The van der Waals surface area contributed by atoms with E-state index < -0.39 is 0 Å². The smallest absolute Gasteiger partial charge is 0.227 e. The number of aromatic nitrogens is 2. The Hall–Kier alpha value is -2.43. The molecule has 126 valence electrons. The zero-order valence-corrected chi connectivity index (χ0v) is 14.4. The highest BCUT2D eigenvalue weighted by Gasteiger charge is 2.33. The van der Waals surface area contributed by atoms with E-state index >= 15 is 0 Å². The van der Waals surface area contributed by atoms with Crippen molar-refractivity contribution < 1.29 is 9.59 Å². The molecule has 0 saturated carbocycles. The molecule has 0 radical (unpaired) electrons. The quantitative estimate of drug-likeness (QED) is 0.794. The van der Waals surface area contributed by atoms with Gasteiger partial charge in [0.05, 0.1) is 11.8 Å². The van der Waals surface area contributed by atoms with E-state index in [2.05, 4.69) is 25.0 Å². The fourth-order valence-electron chi connectivity index (χ4n) is 3.31. The van der Waals surface area contributed by atoms with E-state index in [9.17, 15) is 9.59 Å². The predicted molar refractivity (Wildman–Crippen MR) is 93.1 cm³/mol. The minimum absolute atomic E-state index is 0.0165. The van der Waals surface area contributed by atoms with Gasteiger partial charge in [0.25, 0.3) is 0 Å². The van der Waals surface area contributed by atoms with Crippen molar-refractivity contribution in [3.63, 3.8) is 0 Å². The van der Waals surface area contributed by atoms with Crippen LogP contribution < -0.4 is 4.90 Å². The summed E-state index contributed by atoms with van der Waals surface area (Å²) in [6.07, 6.45) is 3.68. The normalized spacial score (nSPS) is 16.5. The molecular weight excluding hydrogens is 302 g/mol. The van der Waals surface area contributed by atoms with Crippen LogP contribution in [0.3, 0.4) is 0 Å². The van der Waals surface area contributed by atoms with Crippen LogP contribution in [0.2, 0.25) is 0 Å². The van der Waals surface area contributed by atoms with Crippen molar-refractivity contribution in [3.05, 3.63) is 47.8 Å². The summed E-state index contributed by atoms with van der Waals surface area (Å²) in [7, 11) is 1.77. The maximum Gasteiger partial charge on any atom is 0.227 e. The van der Waals surface area contributed by atoms with Crippen molar-refractivity contribution in [1.82, 2.24) is 9.78 Å². The van der Waals surface area contributed by atoms with Gasteiger partial charge in [-0.2, -0.15) is 5.10 Å². The highest BCUT2D eigenvalue weighted by molar-refractivity contribution is 6.01. The maximum atomic E-state index is 12.7. The molecule has 1 aliphatic rings. The SMILES string of the molecule is CC(C)[C@H]1CN(C(=O)CCC(=O)c2cnn(C)c2)c2ccccc21. The van der Waals surface area contributed by atoms with Crippen LogP contribution in [0.4, 0.5) is 5.69 Å². The molecule has 1 amide bonds. The standard InChI is InChI=1S/C19H23N3O2/c1-13(2)16-12-22(17-7-5-4-6-15(16)17)19(24)9-8-18(23)14-10-20-21(3)11-14/h4-7,10-11,13,16H,8-9,12H2,1-3H3/t16-/m1/s1. The van der Waals surface area contributed by atoms with Crippen LogP contribution in [-0.2, 0) is 11.8 Å². The number of hydrogen-bond acceptors (Lipinski definition) is 3. The van der Waals surface area contributed by atoms with Crippen molar-refractivity contribution in [2.24, 2.45) is 13.0 Å². The van der Waals surface area contributed by atoms with E-state index in [-0.39, 0.29) is 24.5 Å². The molecule has 1 aromatic heterocycles. The van der Waals surface area contributed by atoms with E-state index in [4.69, 9.17) is 0 Å². The zero-order valence-electron chi connectivity index (χ0n) is 14.4. The third kappa shape index (κ3) is 3.11. The Kier molecular flexibility index (Phi) is 4.51. The molecule has 3 rings (SSSR count). The number of fused-ring (bicyclic) bond motifs is 1. The van der Waals surface area contributed by atoms with E-state index in [1.165, 1.54) is 5.56 Å². The number of amides is 1. The van der Waals surface area contributed by atoms with Crippen LogP contribution >= 0.6 is 0 Å². The first-order chi connectivity index (χ1) is 11.5. The van der Waals surface area contributed by atoms with Gasteiger partial charge in [-0.15, -0.1) is 0 Å². The Labute approximate surface area is 142 Å². The molecule has 0 bridgehead atoms. The summed E-state index contributed by atoms with van der Waals surface area (Å²) < 4.78 is 1.60. The Bertz CT molecular complexity index is 763. The number of hydrogen-bond donors (Lipinski definition) is 0. The summed E-state index contributed by atoms with van der Waals surface area (Å²) in [5, 5.41) is 4.00. The molecule has 2 heterocycles. The molecule has 1 aromatic carbocycles. The number of carbonyl (C=O) groups is 2. The highest BCUT2D eigenvalue weighted by Crippen LogP contribution is 2.40. The van der Waals surface area contributed by atoms with Crippen LogP contribution in [0, 0.1) is 5.92 Å². The Balaban J connectivity index is 1.68. The first-order valence-corrected chi connectivity index (χ1v) is 8.38. The minimum Gasteiger partial charge on any atom is -0.312 e. The van der Waals surface area contributed by atoms with Gasteiger partial charge in [0.15, 0.2) is 5.78 Å². The Morgan fingerprint density at radius 3 is 2.67 bits per heavy atom. The molecule has 0 spiro atoms. The summed E-state index contributed by atoms with van der Waals surface area (Å²) >= 11 is 0. The average Bonchev–Trinajstić information content (AvgIpc) is 3.16. The van der Waals surface area contributed by atoms with Crippen molar-refractivity contribution in [2.75, 3.05) is 11.4 Å². The largest absolute Gasteiger partial charge is 0.312 e. The summed E-state index contributed by atoms with van der Waals surface area (Å²) in [6.45, 7) is 5.07. The van der Waals surface area contributed by atoms with Crippen LogP contribution in [0.15, 0.2) is 36.7 Å². The van der Waals surface area contributed by atoms with Crippen LogP contribution in [-0.4, -0.2) is 28.0 Å². The molecule has 0 aliphatic carbocycles. The van der Waals surface area contributed by atoms with Crippen LogP contribution in [0.5, 0.6) is 0 Å². The van der Waals surface area contributed by atoms with Gasteiger partial charge in [0.2, 0.25) is 5.91 Å². The average molecular weight is 325 g/mol. The van der Waals surface area contributed by atoms with Gasteiger partial charge in [0.1, 0.15) is 0 Å². The lowest BCUT2D eigenvalue weighted by Gasteiger charge is -2.19. The predicted octanol–water partition coefficient (Wildman–Crippen LogP) is 3.17. The van der Waals surface area contributed by atoms with E-state index in [1.54, 1.807) is 24.1 Å². The number of aryl methyl sites for hydroxylation is 1. The van der Waals surface area contributed by atoms with E-state index in [0.29, 0.717) is 23.9 Å². The fraction of sp³-hybridized carbons (Fsp3) is 0.421. The van der Waals surface area contributed by atoms with Crippen LogP contribution in [0.1, 0.15) is 48.5 Å². The molecule has 5 nitrogen and oxygen atoms in total. The molecule has 0 saturated heterocycles. The lowest BCUT2D eigenvalue weighted by atomic mass is 9.90. The molecule has 0 N–H and O–H groups in total. The summed E-state index contributed by atoms with van der Waals surface area (Å²) in [4.78, 5) is 26.7. The minimum atomic E-state index is -0.0376. The lowest BCUT2D eigenvalue weighted by molar-refractivity contribution is -0.118. The number of carbonyl (C=O) groups excluding carboxylic acids is 2. The van der Waals surface area contributed by atoms with Crippen molar-refractivity contribution in [3.8, 4) is 0 Å². The molecule has 24 heavy (non-hydrogen) atoms. The third-order valence-corrected chi connectivity index (χ3v) is 4.70. The molecular formula is C19H23N3O2. The van der Waals surface area contributed by atoms with Crippen molar-refractivity contribution >= 4 is 17.4 Å². The van der Waals surface area contributed by atoms with E-state index in [1.807, 2.05) is 23.1 Å². The number of Topliss-reactive ketones (excluding diaryl/α,β-unsaturated/α-hetero) is 1. The zero-order chi connectivity index (χ0) is 17.3. The first-order valence-electron chi connectivity index (χ1n) is 8.38. The number of benzene rings is 1. The van der Waals surface area contributed by atoms with E-state index in [0.717, 1.165) is 5.69 Å². The number of rotatable bonds is 5. The van der Waals surface area contributed by atoms with Crippen molar-refractivity contribution in [2.45, 2.75) is 32.6 Å². The van der Waals surface area contributed by atoms with Gasteiger partial charge in [0, 0.05) is 44.2 Å². The molecule has 2 aromatic rings. The van der Waals surface area contributed by atoms with Gasteiger partial charge in [-0.1, -0.05) is 32.0 Å². The van der Waals surface area contributed by atoms with Gasteiger partial charge in [-0.3, -0.25) is 14.3 Å². The van der Waals surface area contributed by atoms with Gasteiger partial charge in [-0.05, 0) is 17.5 Å². The van der Waals surface area contributed by atoms with Crippen LogP contribution in [0.25, 0.3) is 0 Å². The second-order valence-electron chi connectivity index (χ2n) is 6.74. The monoisotopic (exact) mass is 325 g/mol. The molecule has 0 fully saturated rings. The lowest BCUT2D eigenvalue weighted by Crippen LogP contribution is -2.30. The fourth-order valence-corrected chi connectivity index (χ4v) is 3.31. The molecule has 0 unspecified atom stereocenters. The maximum absolute atomic E-state index is 12.7. The molecule has 1 atom stereocenters. The number of para-hydroxylation sites is 1. The molecule has 1 aliphatic heterocycles. The second kappa shape index (κ2) is 6.59. The van der Waals surface area contributed by atoms with Crippen molar-refractivity contribution in [1.29, 1.82) is 0 Å². The number of ketones is 1. The highest BCUT2D eigenvalue weighted by atomic mass is 16.2. The van der Waals surface area contributed by atoms with Gasteiger partial charge in [-0.25, -0.2) is 0 Å². The number of nitrogens with zero attached hydrogens (tertiary/aromatic N) is 3. The summed E-state index contributed by atoms with van der Waals surface area (Å²) in [5.41, 5.74) is 2.79. The summed E-state index contributed by atoms with van der Waals surface area (Å²) in [5.74, 6) is 0.812. The molecule has 5 heteroatoms. The third-order valence-electron chi connectivity index (χ3n) is 4.70. The Morgan fingerprint density at radius 1 is 1.25 bits per heavy atom.